The molecule has 2 rings (SSSR count). The molecule has 1 aliphatic rings. The first-order valence-corrected chi connectivity index (χ1v) is 11.2. The molecule has 158 valence electrons. The fourth-order valence-corrected chi connectivity index (χ4v) is 3.92. The molecule has 1 aromatic carbocycles. The first kappa shape index (κ1) is 23.1. The smallest absolute Gasteiger partial charge is 0.306 e. The Kier molecular flexibility index (Phi) is 9.37. The normalized spacial score (nSPS) is 19.5. The minimum absolute atomic E-state index is 0.0264. The Balaban J connectivity index is 2.12. The molecule has 0 spiro atoms. The van der Waals surface area contributed by atoms with E-state index in [-0.39, 0.29) is 11.8 Å². The van der Waals surface area contributed by atoms with Crippen molar-refractivity contribution < 1.29 is 14.3 Å². The van der Waals surface area contributed by atoms with Crippen molar-refractivity contribution in [3.8, 4) is 0 Å². The first-order chi connectivity index (χ1) is 14.0. The third-order valence-electron chi connectivity index (χ3n) is 5.75. The van der Waals surface area contributed by atoms with E-state index >= 15 is 0 Å². The van der Waals surface area contributed by atoms with Crippen LogP contribution in [0.3, 0.4) is 0 Å². The van der Waals surface area contributed by atoms with Crippen LogP contribution in [0.4, 0.5) is 0 Å². The van der Waals surface area contributed by atoms with Gasteiger partial charge in [0.1, 0.15) is 0 Å². The number of allylic oxidation sites excluding steroid dienone is 4. The number of rotatable bonds is 12. The lowest BCUT2D eigenvalue weighted by Crippen LogP contribution is -2.39. The lowest BCUT2D eigenvalue weighted by Gasteiger charge is -2.33. The van der Waals surface area contributed by atoms with Crippen molar-refractivity contribution in [1.29, 1.82) is 0 Å². The summed E-state index contributed by atoms with van der Waals surface area (Å²) in [6.45, 7) is 5.95. The zero-order valence-electron chi connectivity index (χ0n) is 18.3. The molecule has 0 amide bonds. The highest BCUT2D eigenvalue weighted by Gasteiger charge is 2.39. The van der Waals surface area contributed by atoms with E-state index in [1.807, 2.05) is 25.1 Å². The number of ether oxygens (including phenoxy) is 1. The van der Waals surface area contributed by atoms with Gasteiger partial charge in [-0.1, -0.05) is 94.5 Å². The van der Waals surface area contributed by atoms with Gasteiger partial charge in [-0.25, -0.2) is 0 Å². The van der Waals surface area contributed by atoms with Gasteiger partial charge >= 0.3 is 5.97 Å². The predicted octanol–water partition coefficient (Wildman–Crippen LogP) is 6.68. The molecule has 0 bridgehead atoms. The molecule has 0 saturated carbocycles. The van der Waals surface area contributed by atoms with Crippen LogP contribution >= 0.6 is 0 Å². The molecule has 3 heteroatoms. The summed E-state index contributed by atoms with van der Waals surface area (Å²) >= 11 is 0. The summed E-state index contributed by atoms with van der Waals surface area (Å²) in [7, 11) is 0. The molecule has 0 heterocycles. The largest absolute Gasteiger partial charge is 0.455 e. The van der Waals surface area contributed by atoms with Crippen LogP contribution in [0.15, 0.2) is 48.6 Å². The maximum Gasteiger partial charge on any atom is 0.306 e. The first-order valence-electron chi connectivity index (χ1n) is 11.2. The third kappa shape index (κ3) is 6.69. The van der Waals surface area contributed by atoms with Gasteiger partial charge in [-0.2, -0.15) is 0 Å². The van der Waals surface area contributed by atoms with E-state index in [1.165, 1.54) is 12.8 Å². The highest BCUT2D eigenvalue weighted by Crippen LogP contribution is 2.39. The predicted molar refractivity (Wildman–Crippen MR) is 119 cm³/mol. The fourth-order valence-electron chi connectivity index (χ4n) is 3.92. The molecule has 29 heavy (non-hydrogen) atoms. The number of benzene rings is 1. The summed E-state index contributed by atoms with van der Waals surface area (Å²) < 4.78 is 5.49. The molecule has 2 atom stereocenters. The van der Waals surface area contributed by atoms with Gasteiger partial charge in [0.15, 0.2) is 11.9 Å². The van der Waals surface area contributed by atoms with Crippen LogP contribution in [0.25, 0.3) is 5.57 Å². The van der Waals surface area contributed by atoms with Crippen LogP contribution in [-0.4, -0.2) is 17.9 Å². The second-order valence-corrected chi connectivity index (χ2v) is 8.13. The Bertz CT molecular complexity index is 717. The lowest BCUT2D eigenvalue weighted by atomic mass is 9.71. The van der Waals surface area contributed by atoms with E-state index in [4.69, 9.17) is 4.74 Å². The molecule has 0 radical (unpaired) electrons. The van der Waals surface area contributed by atoms with Crippen molar-refractivity contribution in [3.63, 3.8) is 0 Å². The van der Waals surface area contributed by atoms with Crippen molar-refractivity contribution in [1.82, 2.24) is 0 Å². The average molecular weight is 397 g/mol. The van der Waals surface area contributed by atoms with E-state index in [0.29, 0.717) is 12.8 Å². The van der Waals surface area contributed by atoms with Gasteiger partial charge in [-0.05, 0) is 37.3 Å². The molecule has 1 aliphatic carbocycles. The Hall–Kier alpha value is -2.16. The zero-order chi connectivity index (χ0) is 21.1. The van der Waals surface area contributed by atoms with Gasteiger partial charge in [0.05, 0.1) is 5.41 Å². The number of unbranched alkanes of at least 4 members (excludes halogenated alkanes) is 4. The molecule has 0 aliphatic heterocycles. The second-order valence-electron chi connectivity index (χ2n) is 8.13. The molecule has 0 N–H and O–H groups in total. The monoisotopic (exact) mass is 396 g/mol. The lowest BCUT2D eigenvalue weighted by molar-refractivity contribution is -0.157. The standard InChI is InChI=1S/C26H36O3/c1-4-6-8-12-18-26(25(28)21(3)29-24(27)15-7-5-2)19-16-23(17-20-26)22-13-10-9-11-14-22/h9-11,13-14,16-17,19,21H,4-8,12,15,18,20H2,1-3H3. The van der Waals surface area contributed by atoms with Crippen LogP contribution in [0.5, 0.6) is 0 Å². The minimum Gasteiger partial charge on any atom is -0.455 e. The molecule has 0 saturated heterocycles. The van der Waals surface area contributed by atoms with Crippen molar-refractivity contribution in [3.05, 3.63) is 54.1 Å². The Morgan fingerprint density at radius 2 is 1.76 bits per heavy atom. The number of ketones is 1. The number of carbonyl (C=O) groups excluding carboxylic acids is 2. The van der Waals surface area contributed by atoms with E-state index in [2.05, 4.69) is 37.3 Å². The number of hydrogen-bond donors (Lipinski definition) is 0. The van der Waals surface area contributed by atoms with Crippen LogP contribution < -0.4 is 0 Å². The average Bonchev–Trinajstić information content (AvgIpc) is 2.75. The second kappa shape index (κ2) is 11.7. The van der Waals surface area contributed by atoms with Gasteiger partial charge in [0.25, 0.3) is 0 Å². The van der Waals surface area contributed by atoms with Gasteiger partial charge in [0, 0.05) is 6.42 Å². The number of Topliss-reactive ketones (excluding diaryl/α,β-unsaturated/α-hetero) is 1. The molecule has 3 nitrogen and oxygen atoms in total. The maximum atomic E-state index is 13.4. The SMILES string of the molecule is CCCCCCC1(C(=O)C(C)OC(=O)CCCC)C=CC(c2ccccc2)=CC1. The van der Waals surface area contributed by atoms with Crippen molar-refractivity contribution in [2.45, 2.75) is 84.7 Å². The van der Waals surface area contributed by atoms with Crippen LogP contribution in [-0.2, 0) is 14.3 Å². The zero-order valence-corrected chi connectivity index (χ0v) is 18.3. The van der Waals surface area contributed by atoms with Crippen molar-refractivity contribution >= 4 is 17.3 Å². The molecule has 1 aromatic rings. The minimum atomic E-state index is -0.707. The molecule has 0 aromatic heterocycles. The van der Waals surface area contributed by atoms with Crippen LogP contribution in [0.2, 0.25) is 0 Å². The van der Waals surface area contributed by atoms with Gasteiger partial charge < -0.3 is 4.74 Å². The maximum absolute atomic E-state index is 13.4. The van der Waals surface area contributed by atoms with Crippen LogP contribution in [0, 0.1) is 5.41 Å². The summed E-state index contributed by atoms with van der Waals surface area (Å²) in [5.74, 6) is -0.243. The van der Waals surface area contributed by atoms with Gasteiger partial charge in [0.2, 0.25) is 0 Å². The van der Waals surface area contributed by atoms with Crippen molar-refractivity contribution in [2.24, 2.45) is 5.41 Å². The van der Waals surface area contributed by atoms with E-state index < -0.39 is 11.5 Å². The molecular weight excluding hydrogens is 360 g/mol. The Labute approximate surface area is 176 Å². The molecule has 2 unspecified atom stereocenters. The molecular formula is C26H36O3. The van der Waals surface area contributed by atoms with E-state index in [1.54, 1.807) is 6.92 Å². The van der Waals surface area contributed by atoms with E-state index in [0.717, 1.165) is 43.2 Å². The summed E-state index contributed by atoms with van der Waals surface area (Å²) in [5.41, 5.74) is 1.74. The highest BCUT2D eigenvalue weighted by molar-refractivity contribution is 5.93. The molecule has 0 fully saturated rings. The third-order valence-corrected chi connectivity index (χ3v) is 5.75. The fraction of sp³-hybridized carbons (Fsp3) is 0.538. The summed E-state index contributed by atoms with van der Waals surface area (Å²) in [5, 5.41) is 0. The number of hydrogen-bond acceptors (Lipinski definition) is 3. The van der Waals surface area contributed by atoms with Gasteiger partial charge in [-0.15, -0.1) is 0 Å². The number of carbonyl (C=O) groups is 2. The summed E-state index contributed by atoms with van der Waals surface area (Å²) in [4.78, 5) is 25.4. The Morgan fingerprint density at radius 3 is 2.38 bits per heavy atom. The van der Waals surface area contributed by atoms with Crippen LogP contribution in [0.1, 0.15) is 84.1 Å². The number of esters is 1. The quantitative estimate of drug-likeness (QED) is 0.292. The summed E-state index contributed by atoms with van der Waals surface area (Å²) in [6.07, 6.45) is 13.7. The van der Waals surface area contributed by atoms with Crippen molar-refractivity contribution in [2.75, 3.05) is 0 Å². The summed E-state index contributed by atoms with van der Waals surface area (Å²) in [6, 6.07) is 10.2. The Morgan fingerprint density at radius 1 is 1.03 bits per heavy atom. The van der Waals surface area contributed by atoms with Gasteiger partial charge in [-0.3, -0.25) is 9.59 Å². The highest BCUT2D eigenvalue weighted by atomic mass is 16.5. The van der Waals surface area contributed by atoms with E-state index in [9.17, 15) is 9.59 Å². The topological polar surface area (TPSA) is 43.4 Å².